The lowest BCUT2D eigenvalue weighted by atomic mass is 10.1. The minimum absolute atomic E-state index is 0.273. The van der Waals surface area contributed by atoms with E-state index in [2.05, 4.69) is 32.3 Å². The molecule has 0 aliphatic carbocycles. The van der Waals surface area contributed by atoms with Gasteiger partial charge in [0.05, 0.1) is 23.2 Å². The molecule has 4 heteroatoms. The van der Waals surface area contributed by atoms with E-state index in [-0.39, 0.29) is 12.0 Å². The number of ether oxygens (including phenoxy) is 1. The van der Waals surface area contributed by atoms with Crippen LogP contribution in [0, 0.1) is 0 Å². The van der Waals surface area contributed by atoms with Gasteiger partial charge in [0.15, 0.2) is 0 Å². The Labute approximate surface area is 124 Å². The number of carbonyl (C=O) groups excluding carboxylic acids is 1. The number of methoxy groups -OCH3 is 1. The van der Waals surface area contributed by atoms with E-state index in [0.29, 0.717) is 11.5 Å². The normalized spacial score (nSPS) is 11.6. The summed E-state index contributed by atoms with van der Waals surface area (Å²) in [6.45, 7) is 8.49. The highest BCUT2D eigenvalue weighted by atomic mass is 35.5. The van der Waals surface area contributed by atoms with Gasteiger partial charge in [0, 0.05) is 17.1 Å². The zero-order valence-corrected chi connectivity index (χ0v) is 13.3. The third-order valence-corrected chi connectivity index (χ3v) is 3.86. The molecule has 0 amide bonds. The number of esters is 1. The van der Waals surface area contributed by atoms with Gasteiger partial charge < -0.3 is 9.30 Å². The molecule has 20 heavy (non-hydrogen) atoms. The molecule has 1 heterocycles. The van der Waals surface area contributed by atoms with Gasteiger partial charge in [0.1, 0.15) is 0 Å². The Kier molecular flexibility index (Phi) is 4.09. The Bertz CT molecular complexity index is 656. The number of aromatic nitrogens is 1. The van der Waals surface area contributed by atoms with Crippen molar-refractivity contribution in [3.8, 4) is 0 Å². The van der Waals surface area contributed by atoms with Crippen LogP contribution in [0.25, 0.3) is 10.9 Å². The van der Waals surface area contributed by atoms with Crippen LogP contribution >= 0.6 is 11.6 Å². The van der Waals surface area contributed by atoms with Crippen molar-refractivity contribution in [2.75, 3.05) is 7.11 Å². The van der Waals surface area contributed by atoms with Gasteiger partial charge in [-0.25, -0.2) is 4.79 Å². The van der Waals surface area contributed by atoms with Crippen LogP contribution < -0.4 is 0 Å². The summed E-state index contributed by atoms with van der Waals surface area (Å²) < 4.78 is 6.99. The first-order valence-corrected chi connectivity index (χ1v) is 7.17. The number of rotatable bonds is 3. The van der Waals surface area contributed by atoms with Crippen molar-refractivity contribution in [3.63, 3.8) is 0 Å². The van der Waals surface area contributed by atoms with Gasteiger partial charge in [0.25, 0.3) is 0 Å². The fourth-order valence-corrected chi connectivity index (χ4v) is 3.09. The smallest absolute Gasteiger partial charge is 0.337 e. The van der Waals surface area contributed by atoms with Crippen LogP contribution in [0.2, 0.25) is 5.02 Å². The molecule has 0 N–H and O–H groups in total. The number of nitrogens with zero attached hydrogens (tertiary/aromatic N) is 1. The van der Waals surface area contributed by atoms with Crippen molar-refractivity contribution < 1.29 is 9.53 Å². The second-order valence-electron chi connectivity index (χ2n) is 5.54. The van der Waals surface area contributed by atoms with Gasteiger partial charge in [0.2, 0.25) is 0 Å². The highest BCUT2D eigenvalue weighted by molar-refractivity contribution is 6.36. The molecular formula is C16H20ClNO2. The van der Waals surface area contributed by atoms with Crippen molar-refractivity contribution in [1.29, 1.82) is 0 Å². The van der Waals surface area contributed by atoms with Crippen LogP contribution in [-0.4, -0.2) is 17.6 Å². The molecular weight excluding hydrogens is 274 g/mol. The summed E-state index contributed by atoms with van der Waals surface area (Å²) in [7, 11) is 1.39. The van der Waals surface area contributed by atoms with Crippen LogP contribution in [0.1, 0.15) is 55.7 Å². The molecule has 0 saturated heterocycles. The lowest BCUT2D eigenvalue weighted by Crippen LogP contribution is -2.07. The Hall–Kier alpha value is -1.48. The second-order valence-corrected chi connectivity index (χ2v) is 5.92. The average molecular weight is 294 g/mol. The molecule has 0 aliphatic rings. The summed E-state index contributed by atoms with van der Waals surface area (Å²) in [5, 5.41) is 1.76. The topological polar surface area (TPSA) is 31.2 Å². The van der Waals surface area contributed by atoms with Gasteiger partial charge in [-0.15, -0.1) is 0 Å². The first-order valence-electron chi connectivity index (χ1n) is 6.80. The fourth-order valence-electron chi connectivity index (χ4n) is 2.62. The van der Waals surface area contributed by atoms with E-state index < -0.39 is 0 Å². The summed E-state index contributed by atoms with van der Waals surface area (Å²) in [6, 6.07) is 5.79. The Morgan fingerprint density at radius 1 is 1.25 bits per heavy atom. The van der Waals surface area contributed by atoms with Gasteiger partial charge in [-0.05, 0) is 31.9 Å². The van der Waals surface area contributed by atoms with Gasteiger partial charge >= 0.3 is 5.97 Å². The summed E-state index contributed by atoms with van der Waals surface area (Å²) in [4.78, 5) is 11.7. The molecule has 1 aromatic heterocycles. The van der Waals surface area contributed by atoms with Crippen molar-refractivity contribution in [2.45, 2.75) is 39.7 Å². The summed E-state index contributed by atoms with van der Waals surface area (Å²) in [6.07, 6.45) is 0. The van der Waals surface area contributed by atoms with Crippen molar-refractivity contribution in [2.24, 2.45) is 0 Å². The van der Waals surface area contributed by atoms with E-state index in [9.17, 15) is 4.79 Å². The molecule has 0 aliphatic heterocycles. The molecule has 0 spiro atoms. The average Bonchev–Trinajstić information content (AvgIpc) is 2.70. The van der Waals surface area contributed by atoms with Gasteiger partial charge in [-0.2, -0.15) is 0 Å². The third-order valence-electron chi connectivity index (χ3n) is 3.46. The van der Waals surface area contributed by atoms with E-state index in [4.69, 9.17) is 16.3 Å². The molecule has 1 aromatic carbocycles. The second kappa shape index (κ2) is 5.49. The molecule has 0 unspecified atom stereocenters. The maximum Gasteiger partial charge on any atom is 0.337 e. The zero-order valence-electron chi connectivity index (χ0n) is 12.5. The van der Waals surface area contributed by atoms with Crippen molar-refractivity contribution >= 4 is 28.5 Å². The Morgan fingerprint density at radius 2 is 1.90 bits per heavy atom. The van der Waals surface area contributed by atoms with Crippen LogP contribution in [-0.2, 0) is 4.74 Å². The maximum absolute atomic E-state index is 11.7. The van der Waals surface area contributed by atoms with Gasteiger partial charge in [-0.3, -0.25) is 0 Å². The first kappa shape index (κ1) is 14.9. The highest BCUT2D eigenvalue weighted by Gasteiger charge is 2.21. The van der Waals surface area contributed by atoms with Crippen molar-refractivity contribution in [1.82, 2.24) is 4.57 Å². The summed E-state index contributed by atoms with van der Waals surface area (Å²) >= 11 is 6.53. The SMILES string of the molecule is COC(=O)c1ccc2c(Cl)c(C(C)C)n(C(C)C)c2c1. The first-order chi connectivity index (χ1) is 9.38. The predicted molar refractivity (Wildman–Crippen MR) is 82.8 cm³/mol. The molecule has 2 aromatic rings. The number of fused-ring (bicyclic) bond motifs is 1. The monoisotopic (exact) mass is 293 g/mol. The van der Waals surface area contributed by atoms with E-state index >= 15 is 0 Å². The summed E-state index contributed by atoms with van der Waals surface area (Å²) in [5.74, 6) is -0.00972. The Balaban J connectivity index is 2.80. The predicted octanol–water partition coefficient (Wildman–Crippen LogP) is 4.79. The highest BCUT2D eigenvalue weighted by Crippen LogP contribution is 2.37. The van der Waals surface area contributed by atoms with Crippen molar-refractivity contribution in [3.05, 3.63) is 34.5 Å². The minimum atomic E-state index is -0.328. The zero-order chi connectivity index (χ0) is 15.0. The molecule has 0 atom stereocenters. The van der Waals surface area contributed by atoms with Gasteiger partial charge in [-0.1, -0.05) is 31.5 Å². The fraction of sp³-hybridized carbons (Fsp3) is 0.438. The van der Waals surface area contributed by atoms with Crippen LogP contribution in [0.5, 0.6) is 0 Å². The molecule has 0 bridgehead atoms. The number of carbonyl (C=O) groups is 1. The summed E-state index contributed by atoms with van der Waals surface area (Å²) in [5.41, 5.74) is 2.64. The molecule has 108 valence electrons. The van der Waals surface area contributed by atoms with Crippen LogP contribution in [0.3, 0.4) is 0 Å². The standard InChI is InChI=1S/C16H20ClNO2/c1-9(2)15-14(17)12-7-6-11(16(19)20-5)8-13(12)18(15)10(3)4/h6-10H,1-5H3. The van der Waals surface area contributed by atoms with E-state index in [1.54, 1.807) is 6.07 Å². The van der Waals surface area contributed by atoms with E-state index in [0.717, 1.165) is 21.6 Å². The quantitative estimate of drug-likeness (QED) is 0.762. The van der Waals surface area contributed by atoms with E-state index in [1.165, 1.54) is 7.11 Å². The Morgan fingerprint density at radius 3 is 2.40 bits per heavy atom. The third kappa shape index (κ3) is 2.31. The van der Waals surface area contributed by atoms with Crippen LogP contribution in [0.4, 0.5) is 0 Å². The largest absolute Gasteiger partial charge is 0.465 e. The number of hydrogen-bond acceptors (Lipinski definition) is 2. The lowest BCUT2D eigenvalue weighted by molar-refractivity contribution is 0.0601. The van der Waals surface area contributed by atoms with E-state index in [1.807, 2.05) is 12.1 Å². The number of halogens is 1. The van der Waals surface area contributed by atoms with Crippen LogP contribution in [0.15, 0.2) is 18.2 Å². The lowest BCUT2D eigenvalue weighted by Gasteiger charge is -2.17. The number of benzene rings is 1. The molecule has 0 fully saturated rings. The maximum atomic E-state index is 11.7. The molecule has 2 rings (SSSR count). The minimum Gasteiger partial charge on any atom is -0.465 e. The number of hydrogen-bond donors (Lipinski definition) is 0. The molecule has 0 radical (unpaired) electrons. The molecule has 3 nitrogen and oxygen atoms in total. The molecule has 0 saturated carbocycles.